The molecule has 1 amide bonds. The van der Waals surface area contributed by atoms with Gasteiger partial charge in [-0.3, -0.25) is 19.7 Å². The first-order valence-corrected chi connectivity index (χ1v) is 14.2. The number of nitrogens with zero attached hydrogens (tertiary/aromatic N) is 4. The van der Waals surface area contributed by atoms with Gasteiger partial charge in [-0.05, 0) is 41.5 Å². The Bertz CT molecular complexity index is 1580. The summed E-state index contributed by atoms with van der Waals surface area (Å²) >= 11 is 6.24. The van der Waals surface area contributed by atoms with Crippen LogP contribution in [0.3, 0.4) is 0 Å². The molecule has 4 aromatic rings. The van der Waals surface area contributed by atoms with Crippen LogP contribution in [0.25, 0.3) is 10.9 Å². The van der Waals surface area contributed by atoms with E-state index in [4.69, 9.17) is 16.3 Å². The van der Waals surface area contributed by atoms with Gasteiger partial charge in [-0.25, -0.2) is 8.42 Å². The molecule has 10 heteroatoms. The van der Waals surface area contributed by atoms with Gasteiger partial charge in [0.15, 0.2) is 9.84 Å². The number of methoxy groups -OCH3 is 1. The van der Waals surface area contributed by atoms with Gasteiger partial charge >= 0.3 is 0 Å². The molecule has 0 saturated carbocycles. The number of hydrogen-bond donors (Lipinski definition) is 0. The molecule has 5 rings (SSSR count). The van der Waals surface area contributed by atoms with Crippen molar-refractivity contribution in [2.75, 3.05) is 33.3 Å². The first-order chi connectivity index (χ1) is 18.4. The first-order valence-electron chi connectivity index (χ1n) is 12.2. The average Bonchev–Trinajstić information content (AvgIpc) is 2.93. The van der Waals surface area contributed by atoms with Crippen molar-refractivity contribution < 1.29 is 17.9 Å². The Balaban J connectivity index is 1.29. The molecule has 0 spiro atoms. The van der Waals surface area contributed by atoms with Crippen molar-refractivity contribution in [1.82, 2.24) is 19.8 Å². The number of aromatic nitrogens is 2. The average molecular weight is 551 g/mol. The van der Waals surface area contributed by atoms with Crippen LogP contribution in [0.2, 0.25) is 5.02 Å². The Labute approximate surface area is 226 Å². The Morgan fingerprint density at radius 3 is 2.58 bits per heavy atom. The van der Waals surface area contributed by atoms with Gasteiger partial charge in [0.1, 0.15) is 5.75 Å². The second-order valence-electron chi connectivity index (χ2n) is 9.16. The predicted octanol–water partition coefficient (Wildman–Crippen LogP) is 4.22. The van der Waals surface area contributed by atoms with E-state index < -0.39 is 9.84 Å². The Morgan fingerprint density at radius 2 is 1.82 bits per heavy atom. The number of sulfone groups is 1. The van der Waals surface area contributed by atoms with Crippen molar-refractivity contribution in [3.05, 3.63) is 94.9 Å². The second kappa shape index (κ2) is 11.1. The minimum atomic E-state index is -3.69. The number of carbonyl (C=O) groups excluding carboxylic acids is 1. The van der Waals surface area contributed by atoms with Crippen LogP contribution in [0.5, 0.6) is 5.75 Å². The number of ether oxygens (including phenoxy) is 1. The summed E-state index contributed by atoms with van der Waals surface area (Å²) in [6.45, 7) is 3.25. The molecule has 0 unspecified atom stereocenters. The van der Waals surface area contributed by atoms with E-state index in [-0.39, 0.29) is 16.6 Å². The zero-order valence-corrected chi connectivity index (χ0v) is 22.5. The minimum Gasteiger partial charge on any atom is -0.496 e. The third-order valence-corrected chi connectivity index (χ3v) is 8.75. The summed E-state index contributed by atoms with van der Waals surface area (Å²) < 4.78 is 32.1. The lowest BCUT2D eigenvalue weighted by atomic mass is 10.1. The highest BCUT2D eigenvalue weighted by Gasteiger charge is 2.26. The summed E-state index contributed by atoms with van der Waals surface area (Å²) in [6, 6.07) is 15.6. The van der Waals surface area contributed by atoms with Crippen LogP contribution in [0.15, 0.2) is 78.1 Å². The quantitative estimate of drug-likeness (QED) is 0.340. The largest absolute Gasteiger partial charge is 0.496 e. The van der Waals surface area contributed by atoms with Crippen LogP contribution in [-0.4, -0.2) is 67.4 Å². The predicted molar refractivity (Wildman–Crippen MR) is 146 cm³/mol. The van der Waals surface area contributed by atoms with E-state index in [2.05, 4.69) is 14.9 Å². The Hall–Kier alpha value is -3.53. The third kappa shape index (κ3) is 5.50. The molecular weight excluding hydrogens is 524 g/mol. The lowest BCUT2D eigenvalue weighted by Gasteiger charge is -2.35. The SMILES string of the molecule is COc1cc(CS(=O)(=O)c2cccc3cccnc23)ccc1C(=O)N1CCN(Cc2ccncc2Cl)CC1. The number of amides is 1. The number of carbonyl (C=O) groups is 1. The van der Waals surface area contributed by atoms with Gasteiger partial charge in [0.25, 0.3) is 5.91 Å². The van der Waals surface area contributed by atoms with Crippen molar-refractivity contribution in [1.29, 1.82) is 0 Å². The van der Waals surface area contributed by atoms with Crippen LogP contribution >= 0.6 is 11.6 Å². The number of fused-ring (bicyclic) bond motifs is 1. The molecule has 196 valence electrons. The lowest BCUT2D eigenvalue weighted by Crippen LogP contribution is -2.48. The number of rotatable bonds is 7. The molecule has 0 aliphatic carbocycles. The Morgan fingerprint density at radius 1 is 1.03 bits per heavy atom. The smallest absolute Gasteiger partial charge is 0.257 e. The normalized spacial score (nSPS) is 14.5. The molecule has 0 atom stereocenters. The van der Waals surface area contributed by atoms with Crippen molar-refractivity contribution in [2.45, 2.75) is 17.2 Å². The highest BCUT2D eigenvalue weighted by atomic mass is 35.5. The maximum Gasteiger partial charge on any atom is 0.257 e. The molecule has 1 fully saturated rings. The summed E-state index contributed by atoms with van der Waals surface area (Å²) in [6.07, 6.45) is 4.94. The zero-order valence-electron chi connectivity index (χ0n) is 20.9. The highest BCUT2D eigenvalue weighted by Crippen LogP contribution is 2.28. The molecule has 0 bridgehead atoms. The minimum absolute atomic E-state index is 0.142. The third-order valence-electron chi connectivity index (χ3n) is 6.69. The van der Waals surface area contributed by atoms with Crippen molar-refractivity contribution in [3.63, 3.8) is 0 Å². The summed E-state index contributed by atoms with van der Waals surface area (Å²) in [5.41, 5.74) is 2.39. The number of piperazine rings is 1. The first kappa shape index (κ1) is 26.1. The van der Waals surface area contributed by atoms with Crippen LogP contribution in [0.4, 0.5) is 0 Å². The molecular formula is C28H27ClN4O4S. The second-order valence-corrected chi connectivity index (χ2v) is 11.5. The van der Waals surface area contributed by atoms with Gasteiger partial charge in [0.2, 0.25) is 0 Å². The van der Waals surface area contributed by atoms with Crippen LogP contribution in [0.1, 0.15) is 21.5 Å². The summed E-state index contributed by atoms with van der Waals surface area (Å²) in [7, 11) is -2.20. The Kier molecular flexibility index (Phi) is 7.60. The van der Waals surface area contributed by atoms with E-state index in [0.29, 0.717) is 60.1 Å². The maximum atomic E-state index is 13.3. The number of pyridine rings is 2. The van der Waals surface area contributed by atoms with Crippen LogP contribution < -0.4 is 4.74 Å². The summed E-state index contributed by atoms with van der Waals surface area (Å²) in [4.78, 5) is 25.9. The number of benzene rings is 2. The van der Waals surface area contributed by atoms with Gasteiger partial charge in [-0.2, -0.15) is 0 Å². The molecule has 1 aliphatic rings. The molecule has 38 heavy (non-hydrogen) atoms. The molecule has 0 N–H and O–H groups in total. The molecule has 0 radical (unpaired) electrons. The van der Waals surface area contributed by atoms with Crippen molar-refractivity contribution in [3.8, 4) is 5.75 Å². The van der Waals surface area contributed by atoms with E-state index in [0.717, 1.165) is 10.9 Å². The molecule has 1 aliphatic heterocycles. The molecule has 2 aromatic carbocycles. The molecule has 2 aromatic heterocycles. The maximum absolute atomic E-state index is 13.3. The fraction of sp³-hybridized carbons (Fsp3) is 0.250. The topological polar surface area (TPSA) is 92.7 Å². The monoisotopic (exact) mass is 550 g/mol. The molecule has 1 saturated heterocycles. The fourth-order valence-electron chi connectivity index (χ4n) is 4.68. The standard InChI is InChI=1S/C28H27ClN4O4S/c1-37-25-16-20(19-38(35,36)26-6-2-4-21-5-3-10-31-27(21)26)7-8-23(25)28(34)33-14-12-32(13-15-33)18-22-9-11-30-17-24(22)29/h2-11,16-17H,12-15,18-19H2,1H3. The highest BCUT2D eigenvalue weighted by molar-refractivity contribution is 7.90. The van der Waals surface area contributed by atoms with E-state index in [1.54, 1.807) is 59.9 Å². The fourth-order valence-corrected chi connectivity index (χ4v) is 6.38. The van der Waals surface area contributed by atoms with E-state index >= 15 is 0 Å². The van der Waals surface area contributed by atoms with Gasteiger partial charge in [-0.15, -0.1) is 0 Å². The van der Waals surface area contributed by atoms with Crippen molar-refractivity contribution >= 4 is 38.2 Å². The number of hydrogen-bond acceptors (Lipinski definition) is 7. The summed E-state index contributed by atoms with van der Waals surface area (Å²) in [5, 5.41) is 1.39. The van der Waals surface area contributed by atoms with Crippen molar-refractivity contribution in [2.24, 2.45) is 0 Å². The van der Waals surface area contributed by atoms with Gasteiger partial charge in [-0.1, -0.05) is 35.9 Å². The van der Waals surface area contributed by atoms with E-state index in [1.807, 2.05) is 18.2 Å². The summed E-state index contributed by atoms with van der Waals surface area (Å²) in [5.74, 6) is -0.0233. The zero-order chi connectivity index (χ0) is 26.7. The number of para-hydroxylation sites is 1. The van der Waals surface area contributed by atoms with E-state index in [9.17, 15) is 13.2 Å². The van der Waals surface area contributed by atoms with Crippen LogP contribution in [-0.2, 0) is 22.1 Å². The molecule has 3 heterocycles. The van der Waals surface area contributed by atoms with Gasteiger partial charge in [0.05, 0.1) is 33.9 Å². The van der Waals surface area contributed by atoms with Crippen LogP contribution in [0, 0.1) is 0 Å². The molecule has 8 nitrogen and oxygen atoms in total. The van der Waals surface area contributed by atoms with Gasteiger partial charge in [0, 0.05) is 56.7 Å². The van der Waals surface area contributed by atoms with E-state index in [1.165, 1.54) is 7.11 Å². The van der Waals surface area contributed by atoms with Gasteiger partial charge < -0.3 is 9.64 Å². The number of halogens is 1. The lowest BCUT2D eigenvalue weighted by molar-refractivity contribution is 0.0625.